The zero-order valence-electron chi connectivity index (χ0n) is 15.4. The van der Waals surface area contributed by atoms with Crippen LogP contribution in [0.1, 0.15) is 44.6 Å². The lowest BCUT2D eigenvalue weighted by atomic mass is 9.87. The molecule has 1 aliphatic heterocycles. The van der Waals surface area contributed by atoms with Gasteiger partial charge in [-0.3, -0.25) is 4.79 Å². The Morgan fingerprint density at radius 1 is 1.15 bits per heavy atom. The van der Waals surface area contributed by atoms with Gasteiger partial charge in [-0.1, -0.05) is 6.42 Å². The van der Waals surface area contributed by atoms with Crippen molar-refractivity contribution < 1.29 is 32.2 Å². The van der Waals surface area contributed by atoms with E-state index in [2.05, 4.69) is 5.32 Å². The van der Waals surface area contributed by atoms with Crippen LogP contribution in [0.3, 0.4) is 0 Å². The Hall–Kier alpha value is -1.80. The summed E-state index contributed by atoms with van der Waals surface area (Å²) in [6, 6.07) is 3.43. The number of hydrogen-bond acceptors (Lipinski definition) is 4. The second-order valence-electron chi connectivity index (χ2n) is 7.48. The Bertz CT molecular complexity index is 689. The van der Waals surface area contributed by atoms with Crippen molar-refractivity contribution >= 4 is 11.6 Å². The molecule has 1 saturated carbocycles. The molecule has 8 heteroatoms. The van der Waals surface area contributed by atoms with Gasteiger partial charge in [0, 0.05) is 18.5 Å². The molecule has 0 atom stereocenters. The van der Waals surface area contributed by atoms with Crippen molar-refractivity contribution in [2.24, 2.45) is 5.41 Å². The molecule has 27 heavy (non-hydrogen) atoms. The molecule has 0 aromatic heterocycles. The number of carbonyl (C=O) groups is 1. The van der Waals surface area contributed by atoms with Crippen LogP contribution in [0.25, 0.3) is 0 Å². The first-order valence-electron chi connectivity index (χ1n) is 9.02. The van der Waals surface area contributed by atoms with Crippen molar-refractivity contribution in [2.75, 3.05) is 25.6 Å². The molecule has 1 aromatic rings. The number of methoxy groups -OCH3 is 1. The summed E-state index contributed by atoms with van der Waals surface area (Å²) in [5, 5.41) is 2.55. The highest BCUT2D eigenvalue weighted by Crippen LogP contribution is 2.41. The molecule has 5 nitrogen and oxygen atoms in total. The number of benzene rings is 1. The van der Waals surface area contributed by atoms with E-state index in [9.17, 15) is 18.0 Å². The number of ether oxygens (including phenoxy) is 3. The highest BCUT2D eigenvalue weighted by Gasteiger charge is 2.46. The highest BCUT2D eigenvalue weighted by atomic mass is 19.4. The number of carbonyl (C=O) groups excluding carboxylic acids is 1. The molecular formula is C19H24F3NO4. The van der Waals surface area contributed by atoms with Crippen molar-refractivity contribution in [1.29, 1.82) is 0 Å². The van der Waals surface area contributed by atoms with Crippen LogP contribution in [0.2, 0.25) is 0 Å². The minimum absolute atomic E-state index is 0.0484. The molecule has 1 N–H and O–H groups in total. The van der Waals surface area contributed by atoms with Gasteiger partial charge in [0.05, 0.1) is 31.3 Å². The lowest BCUT2D eigenvalue weighted by Crippen LogP contribution is -2.53. The summed E-state index contributed by atoms with van der Waals surface area (Å²) in [6.07, 6.45) is 0.214. The molecule has 150 valence electrons. The summed E-state index contributed by atoms with van der Waals surface area (Å²) in [5.41, 5.74) is -1.86. The smallest absolute Gasteiger partial charge is 0.420 e. The Morgan fingerprint density at radius 2 is 1.78 bits per heavy atom. The Labute approximate surface area is 156 Å². The maximum absolute atomic E-state index is 13.2. The zero-order chi connectivity index (χ0) is 19.7. The van der Waals surface area contributed by atoms with Crippen LogP contribution in [-0.2, 0) is 20.4 Å². The maximum atomic E-state index is 13.2. The molecule has 1 heterocycles. The van der Waals surface area contributed by atoms with E-state index in [1.807, 2.05) is 0 Å². The predicted octanol–water partition coefficient (Wildman–Crippen LogP) is 4.37. The van der Waals surface area contributed by atoms with E-state index in [1.165, 1.54) is 19.2 Å². The summed E-state index contributed by atoms with van der Waals surface area (Å²) in [7, 11) is 1.17. The highest BCUT2D eigenvalue weighted by molar-refractivity contribution is 5.95. The van der Waals surface area contributed by atoms with Crippen molar-refractivity contribution in [3.63, 3.8) is 0 Å². The SMILES string of the molecule is COc1ccc(NC(=O)C2(C)COC3(CCCCC3)OC2)cc1C(F)(F)F. The standard InChI is InChI=1S/C19H24F3NO4/c1-17(11-26-18(27-12-17)8-4-3-5-9-18)16(24)23-13-6-7-15(25-2)14(10-13)19(20,21)22/h6-7,10H,3-5,8-9,11-12H2,1-2H3,(H,23,24). The fourth-order valence-electron chi connectivity index (χ4n) is 3.46. The summed E-state index contributed by atoms with van der Waals surface area (Å²) >= 11 is 0. The number of nitrogens with one attached hydrogen (secondary N) is 1. The normalized spacial score (nSPS) is 21.7. The molecule has 1 amide bonds. The molecule has 0 unspecified atom stereocenters. The molecule has 2 aliphatic rings. The minimum Gasteiger partial charge on any atom is -0.496 e. The van der Waals surface area contributed by atoms with Gasteiger partial charge in [0.25, 0.3) is 0 Å². The first-order valence-corrected chi connectivity index (χ1v) is 9.02. The zero-order valence-corrected chi connectivity index (χ0v) is 15.4. The fourth-order valence-corrected chi connectivity index (χ4v) is 3.46. The number of alkyl halides is 3. The second kappa shape index (κ2) is 7.31. The lowest BCUT2D eigenvalue weighted by Gasteiger charge is -2.45. The molecule has 1 saturated heterocycles. The predicted molar refractivity (Wildman–Crippen MR) is 92.5 cm³/mol. The molecule has 1 spiro atoms. The molecule has 1 aromatic carbocycles. The quantitative estimate of drug-likeness (QED) is 0.837. The van der Waals surface area contributed by atoms with Crippen molar-refractivity contribution in [3.8, 4) is 5.75 Å². The molecule has 1 aliphatic carbocycles. The fraction of sp³-hybridized carbons (Fsp3) is 0.632. The monoisotopic (exact) mass is 387 g/mol. The van der Waals surface area contributed by atoms with E-state index in [-0.39, 0.29) is 24.7 Å². The van der Waals surface area contributed by atoms with Crippen LogP contribution in [-0.4, -0.2) is 32.0 Å². The van der Waals surface area contributed by atoms with Gasteiger partial charge in [-0.2, -0.15) is 13.2 Å². The molecule has 3 rings (SSSR count). The van der Waals surface area contributed by atoms with Gasteiger partial charge < -0.3 is 19.5 Å². The van der Waals surface area contributed by atoms with Gasteiger partial charge in [0.2, 0.25) is 5.91 Å². The van der Waals surface area contributed by atoms with E-state index in [0.717, 1.165) is 38.2 Å². The van der Waals surface area contributed by atoms with E-state index in [0.29, 0.717) is 0 Å². The maximum Gasteiger partial charge on any atom is 0.420 e. The van der Waals surface area contributed by atoms with Crippen molar-refractivity contribution in [2.45, 2.75) is 51.0 Å². The van der Waals surface area contributed by atoms with E-state index in [1.54, 1.807) is 6.92 Å². The topological polar surface area (TPSA) is 56.8 Å². The van der Waals surface area contributed by atoms with Gasteiger partial charge in [-0.05, 0) is 38.0 Å². The van der Waals surface area contributed by atoms with E-state index in [4.69, 9.17) is 14.2 Å². The molecule has 0 radical (unpaired) electrons. The molecule has 2 fully saturated rings. The first-order chi connectivity index (χ1) is 12.7. The summed E-state index contributed by atoms with van der Waals surface area (Å²) in [5.74, 6) is -1.34. The molecule has 0 bridgehead atoms. The molecular weight excluding hydrogens is 363 g/mol. The van der Waals surface area contributed by atoms with Gasteiger partial charge in [-0.15, -0.1) is 0 Å². The van der Waals surface area contributed by atoms with Crippen LogP contribution >= 0.6 is 0 Å². The average Bonchev–Trinajstić information content (AvgIpc) is 2.64. The third kappa shape index (κ3) is 4.21. The van der Waals surface area contributed by atoms with Crippen molar-refractivity contribution in [3.05, 3.63) is 23.8 Å². The number of anilines is 1. The van der Waals surface area contributed by atoms with Crippen LogP contribution in [0.15, 0.2) is 18.2 Å². The first kappa shape index (κ1) is 19.9. The van der Waals surface area contributed by atoms with Gasteiger partial charge in [-0.25, -0.2) is 0 Å². The van der Waals surface area contributed by atoms with Gasteiger partial charge >= 0.3 is 6.18 Å². The Morgan fingerprint density at radius 3 is 2.33 bits per heavy atom. The second-order valence-corrected chi connectivity index (χ2v) is 7.48. The number of hydrogen-bond donors (Lipinski definition) is 1. The van der Waals surface area contributed by atoms with Crippen molar-refractivity contribution in [1.82, 2.24) is 0 Å². The lowest BCUT2D eigenvalue weighted by molar-refractivity contribution is -0.306. The Kier molecular flexibility index (Phi) is 5.40. The number of rotatable bonds is 3. The third-order valence-corrected chi connectivity index (χ3v) is 5.23. The average molecular weight is 387 g/mol. The third-order valence-electron chi connectivity index (χ3n) is 5.23. The van der Waals surface area contributed by atoms with Gasteiger partial charge in [0.1, 0.15) is 5.75 Å². The number of halogens is 3. The number of amides is 1. The van der Waals surface area contributed by atoms with Crippen LogP contribution in [0.4, 0.5) is 18.9 Å². The van der Waals surface area contributed by atoms with Crippen LogP contribution in [0, 0.1) is 5.41 Å². The summed E-state index contributed by atoms with van der Waals surface area (Å²) < 4.78 is 56.0. The largest absolute Gasteiger partial charge is 0.496 e. The summed E-state index contributed by atoms with van der Waals surface area (Å²) in [4.78, 5) is 12.7. The van der Waals surface area contributed by atoms with E-state index >= 15 is 0 Å². The van der Waals surface area contributed by atoms with Crippen LogP contribution in [0.5, 0.6) is 5.75 Å². The van der Waals surface area contributed by atoms with Gasteiger partial charge in [0.15, 0.2) is 5.79 Å². The van der Waals surface area contributed by atoms with Crippen LogP contribution < -0.4 is 10.1 Å². The summed E-state index contributed by atoms with van der Waals surface area (Å²) in [6.45, 7) is 2.02. The Balaban J connectivity index is 1.70. The minimum atomic E-state index is -4.58. The van der Waals surface area contributed by atoms with E-state index < -0.39 is 28.8 Å².